The minimum Gasteiger partial charge on any atom is -0.378 e. The summed E-state index contributed by atoms with van der Waals surface area (Å²) in [7, 11) is 0. The number of hydroxylamine groups is 2. The van der Waals surface area contributed by atoms with Gasteiger partial charge in [0, 0.05) is 19.4 Å². The van der Waals surface area contributed by atoms with E-state index >= 15 is 0 Å². The highest BCUT2D eigenvalue weighted by molar-refractivity contribution is 6.01. The van der Waals surface area contributed by atoms with Gasteiger partial charge in [0.1, 0.15) is 0 Å². The molecule has 19 heavy (non-hydrogen) atoms. The van der Waals surface area contributed by atoms with Crippen molar-refractivity contribution >= 4 is 17.8 Å². The summed E-state index contributed by atoms with van der Waals surface area (Å²) in [5, 5.41) is 0.521. The molecule has 0 unspecified atom stereocenters. The molecular weight excluding hydrogens is 256 g/mol. The van der Waals surface area contributed by atoms with Crippen LogP contribution in [0.25, 0.3) is 0 Å². The smallest absolute Gasteiger partial charge is 0.335 e. The number of carbonyl (C=O) groups is 3. The second-order valence-corrected chi connectivity index (χ2v) is 3.81. The average Bonchev–Trinajstić information content (AvgIpc) is 2.69. The SMILES string of the molecule is NCCOCCOCCC(=O)ON1C(=O)CCC1=O. The first-order valence-electron chi connectivity index (χ1n) is 6.07. The molecule has 1 aliphatic heterocycles. The Bertz CT molecular complexity index is 317. The van der Waals surface area contributed by atoms with Gasteiger partial charge in [0.25, 0.3) is 11.8 Å². The first-order valence-corrected chi connectivity index (χ1v) is 6.07. The van der Waals surface area contributed by atoms with E-state index in [9.17, 15) is 14.4 Å². The van der Waals surface area contributed by atoms with Crippen molar-refractivity contribution in [2.45, 2.75) is 19.3 Å². The molecule has 0 saturated carbocycles. The van der Waals surface area contributed by atoms with E-state index in [-0.39, 0.29) is 25.9 Å². The van der Waals surface area contributed by atoms with Gasteiger partial charge in [-0.15, -0.1) is 5.06 Å². The van der Waals surface area contributed by atoms with Crippen molar-refractivity contribution in [3.8, 4) is 0 Å². The number of rotatable bonds is 9. The summed E-state index contributed by atoms with van der Waals surface area (Å²) in [6.45, 7) is 1.79. The Labute approximate surface area is 110 Å². The summed E-state index contributed by atoms with van der Waals surface area (Å²) in [6, 6.07) is 0. The van der Waals surface area contributed by atoms with Crippen LogP contribution < -0.4 is 5.73 Å². The third kappa shape index (κ3) is 5.77. The number of nitrogens with two attached hydrogens (primary N) is 1. The molecule has 0 aliphatic carbocycles. The molecule has 0 radical (unpaired) electrons. The minimum absolute atomic E-state index is 0.0338. The molecule has 0 aromatic heterocycles. The minimum atomic E-state index is -0.675. The third-order valence-corrected chi connectivity index (χ3v) is 2.28. The van der Waals surface area contributed by atoms with E-state index in [1.54, 1.807) is 0 Å². The maximum atomic E-state index is 11.3. The zero-order valence-corrected chi connectivity index (χ0v) is 10.6. The molecule has 108 valence electrons. The lowest BCUT2D eigenvalue weighted by Crippen LogP contribution is -2.32. The van der Waals surface area contributed by atoms with Gasteiger partial charge in [0.2, 0.25) is 0 Å². The van der Waals surface area contributed by atoms with E-state index in [1.807, 2.05) is 0 Å². The predicted octanol–water partition coefficient (Wildman–Crippen LogP) is -1.02. The monoisotopic (exact) mass is 274 g/mol. The summed E-state index contributed by atoms with van der Waals surface area (Å²) in [4.78, 5) is 38.3. The van der Waals surface area contributed by atoms with Crippen molar-refractivity contribution in [3.05, 3.63) is 0 Å². The van der Waals surface area contributed by atoms with Crippen molar-refractivity contribution < 1.29 is 28.7 Å². The summed E-state index contributed by atoms with van der Waals surface area (Å²) in [5.74, 6) is -1.66. The van der Waals surface area contributed by atoms with Gasteiger partial charge < -0.3 is 20.0 Å². The first kappa shape index (κ1) is 15.5. The number of ether oxygens (including phenoxy) is 2. The predicted molar refractivity (Wildman–Crippen MR) is 62.5 cm³/mol. The Hall–Kier alpha value is -1.51. The van der Waals surface area contributed by atoms with Crippen LogP contribution in [0.5, 0.6) is 0 Å². The molecule has 1 aliphatic rings. The first-order chi connectivity index (χ1) is 9.15. The van der Waals surface area contributed by atoms with Crippen LogP contribution in [0.4, 0.5) is 0 Å². The van der Waals surface area contributed by atoms with Crippen LogP contribution in [-0.2, 0) is 28.7 Å². The highest BCUT2D eigenvalue weighted by atomic mass is 16.7. The molecule has 0 aromatic carbocycles. The number of nitrogens with zero attached hydrogens (tertiary/aromatic N) is 1. The van der Waals surface area contributed by atoms with Gasteiger partial charge in [0.05, 0.1) is 32.8 Å². The molecule has 2 N–H and O–H groups in total. The van der Waals surface area contributed by atoms with Crippen LogP contribution in [0.15, 0.2) is 0 Å². The van der Waals surface area contributed by atoms with E-state index in [0.29, 0.717) is 31.4 Å². The molecule has 8 nitrogen and oxygen atoms in total. The fourth-order valence-electron chi connectivity index (χ4n) is 1.37. The van der Waals surface area contributed by atoms with Crippen molar-refractivity contribution in [2.24, 2.45) is 5.73 Å². The van der Waals surface area contributed by atoms with Crippen LogP contribution in [0.1, 0.15) is 19.3 Å². The lowest BCUT2D eigenvalue weighted by Gasteiger charge is -2.12. The van der Waals surface area contributed by atoms with E-state index in [1.165, 1.54) is 0 Å². The fourth-order valence-corrected chi connectivity index (χ4v) is 1.37. The molecule has 1 fully saturated rings. The molecule has 0 atom stereocenters. The molecule has 1 heterocycles. The Kier molecular flexibility index (Phi) is 7.01. The molecule has 0 spiro atoms. The second-order valence-electron chi connectivity index (χ2n) is 3.81. The Morgan fingerprint density at radius 3 is 2.21 bits per heavy atom. The van der Waals surface area contributed by atoms with Gasteiger partial charge in [-0.2, -0.15) is 0 Å². The molecular formula is C11H18N2O6. The Morgan fingerprint density at radius 2 is 1.63 bits per heavy atom. The lowest BCUT2D eigenvalue weighted by atomic mass is 10.4. The van der Waals surface area contributed by atoms with Gasteiger partial charge in [0.15, 0.2) is 0 Å². The van der Waals surface area contributed by atoms with E-state index in [0.717, 1.165) is 0 Å². The van der Waals surface area contributed by atoms with Crippen molar-refractivity contribution in [2.75, 3.05) is 33.0 Å². The fraction of sp³-hybridized carbons (Fsp3) is 0.727. The molecule has 1 rings (SSSR count). The third-order valence-electron chi connectivity index (χ3n) is 2.28. The second kappa shape index (κ2) is 8.57. The van der Waals surface area contributed by atoms with Gasteiger partial charge in [-0.05, 0) is 0 Å². The van der Waals surface area contributed by atoms with Gasteiger partial charge >= 0.3 is 5.97 Å². The largest absolute Gasteiger partial charge is 0.378 e. The lowest BCUT2D eigenvalue weighted by molar-refractivity contribution is -0.198. The molecule has 8 heteroatoms. The van der Waals surface area contributed by atoms with Gasteiger partial charge in [-0.25, -0.2) is 4.79 Å². The maximum absolute atomic E-state index is 11.3. The molecule has 0 aromatic rings. The van der Waals surface area contributed by atoms with Crippen LogP contribution >= 0.6 is 0 Å². The topological polar surface area (TPSA) is 108 Å². The number of carbonyl (C=O) groups excluding carboxylic acids is 3. The zero-order chi connectivity index (χ0) is 14.1. The highest BCUT2D eigenvalue weighted by Crippen LogP contribution is 2.12. The molecule has 1 saturated heterocycles. The summed E-state index contributed by atoms with van der Waals surface area (Å²) in [6.07, 6.45) is 0.135. The summed E-state index contributed by atoms with van der Waals surface area (Å²) < 4.78 is 10.2. The van der Waals surface area contributed by atoms with Gasteiger partial charge in [-0.1, -0.05) is 0 Å². The number of hydrogen-bond donors (Lipinski definition) is 1. The number of hydrogen-bond acceptors (Lipinski definition) is 7. The number of amides is 2. The van der Waals surface area contributed by atoms with E-state index in [2.05, 4.69) is 4.84 Å². The maximum Gasteiger partial charge on any atom is 0.335 e. The van der Waals surface area contributed by atoms with Crippen LogP contribution in [0.3, 0.4) is 0 Å². The zero-order valence-electron chi connectivity index (χ0n) is 10.6. The molecule has 0 bridgehead atoms. The Morgan fingerprint density at radius 1 is 1.05 bits per heavy atom. The number of imide groups is 1. The highest BCUT2D eigenvalue weighted by Gasteiger charge is 2.32. The van der Waals surface area contributed by atoms with Crippen molar-refractivity contribution in [1.29, 1.82) is 0 Å². The van der Waals surface area contributed by atoms with Crippen molar-refractivity contribution in [1.82, 2.24) is 5.06 Å². The van der Waals surface area contributed by atoms with Crippen LogP contribution in [-0.4, -0.2) is 55.8 Å². The van der Waals surface area contributed by atoms with Crippen molar-refractivity contribution in [3.63, 3.8) is 0 Å². The Balaban J connectivity index is 2.05. The van der Waals surface area contributed by atoms with Crippen LogP contribution in [0.2, 0.25) is 0 Å². The summed E-state index contributed by atoms with van der Waals surface area (Å²) in [5.41, 5.74) is 5.22. The quantitative estimate of drug-likeness (QED) is 0.423. The average molecular weight is 274 g/mol. The van der Waals surface area contributed by atoms with Crippen LogP contribution in [0, 0.1) is 0 Å². The normalized spacial score (nSPS) is 15.1. The van der Waals surface area contributed by atoms with Gasteiger partial charge in [-0.3, -0.25) is 9.59 Å². The van der Waals surface area contributed by atoms with E-state index in [4.69, 9.17) is 15.2 Å². The summed E-state index contributed by atoms with van der Waals surface area (Å²) >= 11 is 0. The standard InChI is InChI=1S/C11H18N2O6/c12-4-6-18-8-7-17-5-3-11(16)19-13-9(14)1-2-10(13)15/h1-8,12H2. The molecule has 2 amide bonds. The van der Waals surface area contributed by atoms with E-state index < -0.39 is 17.8 Å².